The summed E-state index contributed by atoms with van der Waals surface area (Å²) in [4.78, 5) is 0. The first-order valence-electron chi connectivity index (χ1n) is 10.3. The molecular formula is C23H35FO3S. The van der Waals surface area contributed by atoms with E-state index in [1.54, 1.807) is 12.1 Å². The van der Waals surface area contributed by atoms with Gasteiger partial charge in [-0.25, -0.2) is 12.8 Å². The van der Waals surface area contributed by atoms with Crippen LogP contribution in [0.15, 0.2) is 30.4 Å². The van der Waals surface area contributed by atoms with E-state index in [1.165, 1.54) is 6.07 Å². The molecular weight excluding hydrogens is 375 g/mol. The number of hydrogen-bond donors (Lipinski definition) is 0. The molecule has 0 unspecified atom stereocenters. The standard InChI is InChI=1S/C23H35FO3S/c1-18(17-28(25,26)14-8-6-5-7-13-23(2,3)4)20-11-12-21(24)22(15-20)27-16-19-9-10-19/h5,7,11-12,15,18-19H,6,8-10,13-14,16-17H2,1-4H3/b7-5+/t18-/m0/s1. The van der Waals surface area contributed by atoms with Gasteiger partial charge in [0, 0.05) is 0 Å². The summed E-state index contributed by atoms with van der Waals surface area (Å²) in [6.45, 7) is 8.96. The molecule has 2 rings (SSSR count). The molecule has 1 saturated carbocycles. The van der Waals surface area contributed by atoms with E-state index in [1.807, 2.05) is 6.92 Å². The van der Waals surface area contributed by atoms with Gasteiger partial charge in [-0.3, -0.25) is 0 Å². The van der Waals surface area contributed by atoms with Crippen LogP contribution in [0, 0.1) is 17.2 Å². The van der Waals surface area contributed by atoms with Gasteiger partial charge in [0.1, 0.15) is 0 Å². The zero-order valence-corrected chi connectivity index (χ0v) is 18.5. The Kier molecular flexibility index (Phi) is 8.11. The first kappa shape index (κ1) is 22.9. The normalized spacial score (nSPS) is 16.5. The molecule has 1 aromatic carbocycles. The van der Waals surface area contributed by atoms with E-state index in [0.29, 0.717) is 18.9 Å². The Bertz CT molecular complexity index is 759. The van der Waals surface area contributed by atoms with E-state index in [-0.39, 0.29) is 34.4 Å². The van der Waals surface area contributed by atoms with Crippen molar-refractivity contribution < 1.29 is 17.5 Å². The third-order valence-electron chi connectivity index (χ3n) is 4.92. The lowest BCUT2D eigenvalue weighted by atomic mass is 9.92. The van der Waals surface area contributed by atoms with Gasteiger partial charge in [-0.15, -0.1) is 0 Å². The molecule has 3 nitrogen and oxygen atoms in total. The van der Waals surface area contributed by atoms with E-state index < -0.39 is 9.84 Å². The van der Waals surface area contributed by atoms with Gasteiger partial charge in [0.25, 0.3) is 0 Å². The van der Waals surface area contributed by atoms with Crippen LogP contribution in [0.2, 0.25) is 0 Å². The Balaban J connectivity index is 1.83. The summed E-state index contributed by atoms with van der Waals surface area (Å²) in [7, 11) is -3.15. The van der Waals surface area contributed by atoms with E-state index in [2.05, 4.69) is 32.9 Å². The molecule has 1 aliphatic carbocycles. The SMILES string of the molecule is C[C@@H](CS(=O)(=O)CCC/C=C/CC(C)(C)C)c1ccc(F)c(OCC2CC2)c1. The molecule has 1 atom stereocenters. The number of rotatable bonds is 11. The van der Waals surface area contributed by atoms with Crippen LogP contribution in [0.1, 0.15) is 71.3 Å². The third kappa shape index (κ3) is 8.76. The molecule has 0 bridgehead atoms. The summed E-state index contributed by atoms with van der Waals surface area (Å²) < 4.78 is 44.4. The van der Waals surface area contributed by atoms with Gasteiger partial charge in [-0.2, -0.15) is 0 Å². The monoisotopic (exact) mass is 410 g/mol. The zero-order valence-electron chi connectivity index (χ0n) is 17.7. The molecule has 0 saturated heterocycles. The van der Waals surface area contributed by atoms with Gasteiger partial charge in [0.15, 0.2) is 21.4 Å². The Hall–Kier alpha value is -1.36. The Morgan fingerprint density at radius 1 is 1.25 bits per heavy atom. The maximum atomic E-state index is 13.9. The fraction of sp³-hybridized carbons (Fsp3) is 0.652. The average molecular weight is 411 g/mol. The van der Waals surface area contributed by atoms with Crippen molar-refractivity contribution in [3.63, 3.8) is 0 Å². The Labute approximate surface area is 170 Å². The second-order valence-corrected chi connectivity index (χ2v) is 11.6. The molecule has 0 amide bonds. The number of allylic oxidation sites excluding steroid dienone is 2. The lowest BCUT2D eigenvalue weighted by Gasteiger charge is -2.15. The number of sulfone groups is 1. The minimum atomic E-state index is -3.15. The van der Waals surface area contributed by atoms with Crippen LogP contribution in [-0.2, 0) is 9.84 Å². The van der Waals surface area contributed by atoms with Crippen molar-refractivity contribution in [2.45, 2.75) is 65.7 Å². The maximum absolute atomic E-state index is 13.9. The highest BCUT2D eigenvalue weighted by atomic mass is 32.2. The van der Waals surface area contributed by atoms with Crippen LogP contribution in [-0.4, -0.2) is 26.5 Å². The third-order valence-corrected chi connectivity index (χ3v) is 6.84. The van der Waals surface area contributed by atoms with E-state index in [9.17, 15) is 12.8 Å². The summed E-state index contributed by atoms with van der Waals surface area (Å²) in [5, 5.41) is 0. The number of halogens is 1. The number of hydrogen-bond acceptors (Lipinski definition) is 3. The summed E-state index contributed by atoms with van der Waals surface area (Å²) in [6, 6.07) is 4.70. The molecule has 0 aliphatic heterocycles. The number of unbranched alkanes of at least 4 members (excludes halogenated alkanes) is 1. The lowest BCUT2D eigenvalue weighted by Crippen LogP contribution is -2.16. The molecule has 5 heteroatoms. The molecule has 0 radical (unpaired) electrons. The Morgan fingerprint density at radius 2 is 1.96 bits per heavy atom. The zero-order chi connectivity index (χ0) is 20.8. The largest absolute Gasteiger partial charge is 0.490 e. The molecule has 0 spiro atoms. The van der Waals surface area contributed by atoms with Crippen molar-refractivity contribution in [1.29, 1.82) is 0 Å². The van der Waals surface area contributed by atoms with E-state index >= 15 is 0 Å². The highest BCUT2D eigenvalue weighted by Gasteiger charge is 2.23. The van der Waals surface area contributed by atoms with Crippen molar-refractivity contribution in [3.05, 3.63) is 41.7 Å². The van der Waals surface area contributed by atoms with Gasteiger partial charge in [0.2, 0.25) is 0 Å². The fourth-order valence-corrected chi connectivity index (χ4v) is 4.69. The lowest BCUT2D eigenvalue weighted by molar-refractivity contribution is 0.285. The molecule has 0 N–H and O–H groups in total. The van der Waals surface area contributed by atoms with Crippen molar-refractivity contribution >= 4 is 9.84 Å². The predicted octanol–water partition coefficient (Wildman–Crippen LogP) is 5.91. The first-order chi connectivity index (χ1) is 13.1. The van der Waals surface area contributed by atoms with Gasteiger partial charge in [0.05, 0.1) is 18.1 Å². The van der Waals surface area contributed by atoms with Crippen LogP contribution in [0.4, 0.5) is 4.39 Å². The number of benzene rings is 1. The molecule has 1 aromatic rings. The van der Waals surface area contributed by atoms with Crippen LogP contribution >= 0.6 is 0 Å². The summed E-state index contributed by atoms with van der Waals surface area (Å²) in [5.74, 6) is 0.457. The predicted molar refractivity (Wildman–Crippen MR) is 114 cm³/mol. The summed E-state index contributed by atoms with van der Waals surface area (Å²) in [6.07, 6.45) is 8.90. The highest BCUT2D eigenvalue weighted by molar-refractivity contribution is 7.91. The topological polar surface area (TPSA) is 43.4 Å². The second kappa shape index (κ2) is 9.91. The van der Waals surface area contributed by atoms with Crippen LogP contribution in [0.5, 0.6) is 5.75 Å². The van der Waals surface area contributed by atoms with Gasteiger partial charge in [-0.05, 0) is 67.1 Å². The van der Waals surface area contributed by atoms with Crippen LogP contribution in [0.3, 0.4) is 0 Å². The smallest absolute Gasteiger partial charge is 0.165 e. The van der Waals surface area contributed by atoms with Crippen molar-refractivity contribution in [2.24, 2.45) is 11.3 Å². The molecule has 0 heterocycles. The molecule has 1 aliphatic rings. The first-order valence-corrected chi connectivity index (χ1v) is 12.2. The van der Waals surface area contributed by atoms with Crippen molar-refractivity contribution in [1.82, 2.24) is 0 Å². The summed E-state index contributed by atoms with van der Waals surface area (Å²) >= 11 is 0. The van der Waals surface area contributed by atoms with Crippen LogP contribution in [0.25, 0.3) is 0 Å². The van der Waals surface area contributed by atoms with Crippen LogP contribution < -0.4 is 4.74 Å². The second-order valence-electron chi connectivity index (χ2n) is 9.34. The Morgan fingerprint density at radius 3 is 2.61 bits per heavy atom. The minimum absolute atomic E-state index is 0.0758. The molecule has 158 valence electrons. The highest BCUT2D eigenvalue weighted by Crippen LogP contribution is 2.31. The van der Waals surface area contributed by atoms with Crippen molar-refractivity contribution in [2.75, 3.05) is 18.1 Å². The molecule has 1 fully saturated rings. The fourth-order valence-electron chi connectivity index (χ4n) is 2.97. The quantitative estimate of drug-likeness (QED) is 0.337. The van der Waals surface area contributed by atoms with Gasteiger partial charge < -0.3 is 4.74 Å². The van der Waals surface area contributed by atoms with Gasteiger partial charge >= 0.3 is 0 Å². The average Bonchev–Trinajstić information content (AvgIpc) is 3.40. The van der Waals surface area contributed by atoms with Gasteiger partial charge in [-0.1, -0.05) is 45.9 Å². The van der Waals surface area contributed by atoms with E-state index in [4.69, 9.17) is 4.74 Å². The van der Waals surface area contributed by atoms with Crippen molar-refractivity contribution in [3.8, 4) is 5.75 Å². The molecule has 28 heavy (non-hydrogen) atoms. The minimum Gasteiger partial charge on any atom is -0.490 e. The van der Waals surface area contributed by atoms with E-state index in [0.717, 1.165) is 31.2 Å². The number of ether oxygens (including phenoxy) is 1. The molecule has 0 aromatic heterocycles. The maximum Gasteiger partial charge on any atom is 0.165 e. The summed E-state index contributed by atoms with van der Waals surface area (Å²) in [5.41, 5.74) is 1.06.